The van der Waals surface area contributed by atoms with Crippen LogP contribution in [0, 0.1) is 0 Å². The van der Waals surface area contributed by atoms with Gasteiger partial charge < -0.3 is 4.90 Å². The summed E-state index contributed by atoms with van der Waals surface area (Å²) in [5.41, 5.74) is 1.26. The number of para-hydroxylation sites is 1. The van der Waals surface area contributed by atoms with Crippen LogP contribution in [0.4, 0.5) is 5.69 Å². The van der Waals surface area contributed by atoms with Gasteiger partial charge in [0.25, 0.3) is 0 Å². The lowest BCUT2D eigenvalue weighted by Crippen LogP contribution is -2.29. The molecule has 0 N–H and O–H groups in total. The summed E-state index contributed by atoms with van der Waals surface area (Å²) in [6.07, 6.45) is 2.32. The van der Waals surface area contributed by atoms with Crippen molar-refractivity contribution < 1.29 is 1.37 Å². The fourth-order valence-corrected chi connectivity index (χ4v) is 1.64. The molecule has 1 saturated heterocycles. The molecule has 0 aromatic heterocycles. The van der Waals surface area contributed by atoms with Crippen molar-refractivity contribution in [2.45, 2.75) is 19.2 Å². The molecule has 1 aliphatic rings. The van der Waals surface area contributed by atoms with Gasteiger partial charge in [0.2, 0.25) is 0 Å². The Morgan fingerprint density at radius 2 is 1.92 bits per heavy atom. The molecule has 1 heteroatoms. The van der Waals surface area contributed by atoms with Crippen LogP contribution in [-0.4, -0.2) is 13.1 Å². The van der Waals surface area contributed by atoms with Crippen LogP contribution in [-0.2, 0) is 0 Å². The van der Waals surface area contributed by atoms with E-state index in [0.717, 1.165) is 25.9 Å². The van der Waals surface area contributed by atoms with Crippen LogP contribution in [0.2, 0.25) is 0 Å². The third-order valence-electron chi connectivity index (χ3n) is 2.31. The highest BCUT2D eigenvalue weighted by atomic mass is 15.1. The molecule has 0 bridgehead atoms. The SMILES string of the molecule is [2H]C1CCCN(c2ccccc2)C1. The molecule has 0 amide bonds. The second-order valence-electron chi connectivity index (χ2n) is 3.21. The van der Waals surface area contributed by atoms with Crippen molar-refractivity contribution in [3.63, 3.8) is 0 Å². The molecule has 1 aromatic carbocycles. The van der Waals surface area contributed by atoms with E-state index in [0.29, 0.717) is 0 Å². The fraction of sp³-hybridized carbons (Fsp3) is 0.455. The first kappa shape index (κ1) is 6.53. The van der Waals surface area contributed by atoms with Crippen molar-refractivity contribution in [3.05, 3.63) is 30.3 Å². The Balaban J connectivity index is 2.08. The van der Waals surface area contributed by atoms with E-state index in [9.17, 15) is 0 Å². The molecule has 1 unspecified atom stereocenters. The average Bonchev–Trinajstić information content (AvgIpc) is 2.19. The van der Waals surface area contributed by atoms with E-state index in [-0.39, 0.29) is 6.40 Å². The van der Waals surface area contributed by atoms with Gasteiger partial charge in [-0.15, -0.1) is 0 Å². The minimum atomic E-state index is 0.106. The Kier molecular flexibility index (Phi) is 1.97. The highest BCUT2D eigenvalue weighted by molar-refractivity contribution is 5.46. The Bertz CT molecular complexity index is 260. The predicted molar refractivity (Wildman–Crippen MR) is 52.5 cm³/mol. The lowest BCUT2D eigenvalue weighted by Gasteiger charge is -2.28. The maximum absolute atomic E-state index is 7.71. The van der Waals surface area contributed by atoms with E-state index in [1.165, 1.54) is 5.69 Å². The largest absolute Gasteiger partial charge is 0.372 e. The van der Waals surface area contributed by atoms with Crippen molar-refractivity contribution in [2.24, 2.45) is 0 Å². The third kappa shape index (κ3) is 1.60. The van der Waals surface area contributed by atoms with E-state index >= 15 is 0 Å². The summed E-state index contributed by atoms with van der Waals surface area (Å²) in [6.45, 7) is 2.00. The van der Waals surface area contributed by atoms with Gasteiger partial charge in [0.05, 0.1) is 0 Å². The summed E-state index contributed by atoms with van der Waals surface area (Å²) in [5.74, 6) is 0. The van der Waals surface area contributed by atoms with Gasteiger partial charge in [-0.1, -0.05) is 18.2 Å². The number of hydrogen-bond acceptors (Lipinski definition) is 1. The molecule has 0 aliphatic carbocycles. The monoisotopic (exact) mass is 162 g/mol. The molecule has 1 aromatic rings. The van der Waals surface area contributed by atoms with Crippen LogP contribution in [0.3, 0.4) is 0 Å². The molecule has 1 fully saturated rings. The zero-order valence-electron chi connectivity index (χ0n) is 8.24. The van der Waals surface area contributed by atoms with E-state index < -0.39 is 0 Å². The van der Waals surface area contributed by atoms with E-state index in [1.54, 1.807) is 0 Å². The van der Waals surface area contributed by atoms with E-state index in [1.807, 2.05) is 6.07 Å². The van der Waals surface area contributed by atoms with Gasteiger partial charge in [-0.2, -0.15) is 0 Å². The summed E-state index contributed by atoms with van der Waals surface area (Å²) >= 11 is 0. The van der Waals surface area contributed by atoms with Gasteiger partial charge in [-0.25, -0.2) is 0 Å². The van der Waals surface area contributed by atoms with E-state index in [2.05, 4.69) is 29.2 Å². The van der Waals surface area contributed by atoms with Crippen molar-refractivity contribution >= 4 is 5.69 Å². The van der Waals surface area contributed by atoms with Gasteiger partial charge in [0.1, 0.15) is 0 Å². The molecule has 2 rings (SSSR count). The lowest BCUT2D eigenvalue weighted by atomic mass is 10.1. The highest BCUT2D eigenvalue weighted by Crippen LogP contribution is 2.18. The van der Waals surface area contributed by atoms with Crippen LogP contribution in [0.25, 0.3) is 0 Å². The standard InChI is InChI=1S/C11H15N/c1-3-7-11(8-4-1)12-9-5-2-6-10-12/h1,3-4,7-8H,2,5-6,9-10H2/i5D. The summed E-state index contributed by atoms with van der Waals surface area (Å²) < 4.78 is 7.71. The number of anilines is 1. The Morgan fingerprint density at radius 1 is 1.08 bits per heavy atom. The van der Waals surface area contributed by atoms with Gasteiger partial charge in [-0.05, 0) is 31.4 Å². The zero-order valence-corrected chi connectivity index (χ0v) is 7.24. The molecule has 1 heterocycles. The average molecular weight is 162 g/mol. The maximum Gasteiger partial charge on any atom is 0.0366 e. The minimum Gasteiger partial charge on any atom is -0.372 e. The topological polar surface area (TPSA) is 3.24 Å². The molecule has 0 saturated carbocycles. The third-order valence-corrected chi connectivity index (χ3v) is 2.31. The summed E-state index contributed by atoms with van der Waals surface area (Å²) in [7, 11) is 0. The summed E-state index contributed by atoms with van der Waals surface area (Å²) in [4.78, 5) is 2.31. The Labute approximate surface area is 75.4 Å². The second kappa shape index (κ2) is 3.61. The molecular formula is C11H15N. The molecule has 1 atom stereocenters. The lowest BCUT2D eigenvalue weighted by molar-refractivity contribution is 0.578. The van der Waals surface area contributed by atoms with Gasteiger partial charge in [-0.3, -0.25) is 0 Å². The van der Waals surface area contributed by atoms with Crippen LogP contribution in [0.1, 0.15) is 20.6 Å². The number of benzene rings is 1. The number of rotatable bonds is 1. The van der Waals surface area contributed by atoms with Crippen molar-refractivity contribution in [1.82, 2.24) is 0 Å². The molecule has 1 aliphatic heterocycles. The van der Waals surface area contributed by atoms with Crippen LogP contribution < -0.4 is 4.90 Å². The zero-order chi connectivity index (χ0) is 9.10. The first-order valence-electron chi connectivity index (χ1n) is 5.16. The smallest absolute Gasteiger partial charge is 0.0366 e. The Hall–Kier alpha value is -0.980. The minimum absolute atomic E-state index is 0.106. The summed E-state index contributed by atoms with van der Waals surface area (Å²) in [6, 6.07) is 10.4. The highest BCUT2D eigenvalue weighted by Gasteiger charge is 2.09. The predicted octanol–water partition coefficient (Wildman–Crippen LogP) is 2.68. The van der Waals surface area contributed by atoms with E-state index in [4.69, 9.17) is 1.37 Å². The first-order valence-corrected chi connectivity index (χ1v) is 4.58. The number of piperidine rings is 1. The van der Waals surface area contributed by atoms with Gasteiger partial charge in [0, 0.05) is 20.1 Å². The second-order valence-corrected chi connectivity index (χ2v) is 3.21. The quantitative estimate of drug-likeness (QED) is 0.613. The molecule has 0 radical (unpaired) electrons. The molecule has 0 spiro atoms. The number of nitrogens with zero attached hydrogens (tertiary/aromatic N) is 1. The van der Waals surface area contributed by atoms with Crippen molar-refractivity contribution in [1.29, 1.82) is 0 Å². The van der Waals surface area contributed by atoms with Crippen LogP contribution >= 0.6 is 0 Å². The molecular weight excluding hydrogens is 146 g/mol. The van der Waals surface area contributed by atoms with Crippen molar-refractivity contribution in [2.75, 3.05) is 18.0 Å². The first-order chi connectivity index (χ1) is 6.36. The summed E-state index contributed by atoms with van der Waals surface area (Å²) in [5, 5.41) is 0. The molecule has 12 heavy (non-hydrogen) atoms. The van der Waals surface area contributed by atoms with Crippen LogP contribution in [0.5, 0.6) is 0 Å². The normalized spacial score (nSPS) is 25.2. The van der Waals surface area contributed by atoms with Gasteiger partial charge in [0.15, 0.2) is 0 Å². The molecule has 64 valence electrons. The number of hydrogen-bond donors (Lipinski definition) is 0. The Morgan fingerprint density at radius 3 is 2.67 bits per heavy atom. The maximum atomic E-state index is 7.71. The van der Waals surface area contributed by atoms with Gasteiger partial charge >= 0.3 is 0 Å². The molecule has 1 nitrogen and oxygen atoms in total. The fourth-order valence-electron chi connectivity index (χ4n) is 1.64. The van der Waals surface area contributed by atoms with Crippen molar-refractivity contribution in [3.8, 4) is 0 Å². The van der Waals surface area contributed by atoms with Crippen LogP contribution in [0.15, 0.2) is 30.3 Å².